The number of halogens is 2. The summed E-state index contributed by atoms with van der Waals surface area (Å²) >= 11 is 7.09. The second-order valence-electron chi connectivity index (χ2n) is 6.39. The Bertz CT molecular complexity index is 803. The van der Waals surface area contributed by atoms with Gasteiger partial charge in [-0.2, -0.15) is 0 Å². The average molecular weight is 411 g/mol. The first-order valence-corrected chi connectivity index (χ1v) is 9.94. The van der Waals surface area contributed by atoms with Crippen LogP contribution in [0.4, 0.5) is 15.2 Å². The van der Waals surface area contributed by atoms with Crippen molar-refractivity contribution < 1.29 is 14.0 Å². The molecule has 1 unspecified atom stereocenters. The lowest BCUT2D eigenvalue weighted by Crippen LogP contribution is -2.41. The maximum atomic E-state index is 13.7. The second kappa shape index (κ2) is 9.25. The molecule has 2 heterocycles. The Labute approximate surface area is 165 Å². The van der Waals surface area contributed by atoms with Crippen LogP contribution in [0.2, 0.25) is 5.02 Å². The molecule has 144 valence electrons. The topological polar surface area (TPSA) is 74.3 Å². The van der Waals surface area contributed by atoms with Gasteiger partial charge in [0.25, 0.3) is 0 Å². The van der Waals surface area contributed by atoms with Crippen molar-refractivity contribution in [3.63, 3.8) is 0 Å². The van der Waals surface area contributed by atoms with E-state index in [1.807, 2.05) is 5.38 Å². The number of carbonyl (C=O) groups excluding carboxylic acids is 2. The molecular formula is C18H20ClFN4O2S. The Hall–Kier alpha value is -2.03. The third kappa shape index (κ3) is 5.72. The van der Waals surface area contributed by atoms with Gasteiger partial charge < -0.3 is 15.5 Å². The van der Waals surface area contributed by atoms with Crippen molar-refractivity contribution >= 4 is 45.6 Å². The van der Waals surface area contributed by atoms with E-state index in [0.29, 0.717) is 18.2 Å². The maximum Gasteiger partial charge on any atom is 0.230 e. The number of nitrogens with one attached hydrogen (secondary N) is 2. The first-order valence-electron chi connectivity index (χ1n) is 8.69. The molecule has 1 aromatic heterocycles. The highest BCUT2D eigenvalue weighted by molar-refractivity contribution is 7.13. The number of hydrogen-bond donors (Lipinski definition) is 2. The average Bonchev–Trinajstić information content (AvgIpc) is 3.15. The van der Waals surface area contributed by atoms with Crippen molar-refractivity contribution in [3.05, 3.63) is 40.6 Å². The van der Waals surface area contributed by atoms with Gasteiger partial charge in [0.05, 0.1) is 11.6 Å². The fourth-order valence-electron chi connectivity index (χ4n) is 3.03. The molecule has 2 amide bonds. The predicted octanol–water partition coefficient (Wildman–Crippen LogP) is 3.61. The quantitative estimate of drug-likeness (QED) is 0.762. The Morgan fingerprint density at radius 1 is 1.37 bits per heavy atom. The molecule has 0 saturated carbocycles. The van der Waals surface area contributed by atoms with E-state index in [1.165, 1.54) is 23.5 Å². The van der Waals surface area contributed by atoms with Gasteiger partial charge >= 0.3 is 0 Å². The van der Waals surface area contributed by atoms with Crippen molar-refractivity contribution in [1.29, 1.82) is 0 Å². The van der Waals surface area contributed by atoms with Crippen molar-refractivity contribution in [2.24, 2.45) is 5.92 Å². The van der Waals surface area contributed by atoms with Gasteiger partial charge in [-0.1, -0.05) is 11.6 Å². The highest BCUT2D eigenvalue weighted by Gasteiger charge is 2.26. The van der Waals surface area contributed by atoms with Crippen LogP contribution < -0.4 is 10.6 Å². The minimum atomic E-state index is -0.562. The van der Waals surface area contributed by atoms with E-state index in [9.17, 15) is 14.0 Å². The molecule has 0 aliphatic carbocycles. The maximum absolute atomic E-state index is 13.7. The lowest BCUT2D eigenvalue weighted by atomic mass is 9.97. The molecule has 1 aliphatic heterocycles. The van der Waals surface area contributed by atoms with Gasteiger partial charge in [0, 0.05) is 36.1 Å². The lowest BCUT2D eigenvalue weighted by Gasteiger charge is -2.31. The van der Waals surface area contributed by atoms with Gasteiger partial charge in [-0.15, -0.1) is 11.3 Å². The van der Waals surface area contributed by atoms with Crippen LogP contribution in [-0.4, -0.2) is 41.3 Å². The molecule has 2 N–H and O–H groups in total. The molecule has 1 fully saturated rings. The fraction of sp³-hybridized carbons (Fsp3) is 0.389. The molecule has 1 aromatic carbocycles. The molecule has 3 rings (SSSR count). The summed E-state index contributed by atoms with van der Waals surface area (Å²) in [6, 6.07) is 4.12. The first-order chi connectivity index (χ1) is 13.0. The van der Waals surface area contributed by atoms with E-state index in [4.69, 9.17) is 11.6 Å². The standard InChI is InChI=1S/C18H20ClFN4O2S/c19-13-3-4-15(14(20)10-13)22-16(25)5-8-24-7-1-2-12(11-24)17(26)23-18-21-6-9-27-18/h3-4,6,9-10,12H,1-2,5,7-8,11H2,(H,22,25)(H,21,23,26). The van der Waals surface area contributed by atoms with E-state index < -0.39 is 5.82 Å². The molecule has 1 saturated heterocycles. The summed E-state index contributed by atoms with van der Waals surface area (Å²) in [5.74, 6) is -1.000. The van der Waals surface area contributed by atoms with Crippen LogP contribution >= 0.6 is 22.9 Å². The minimum absolute atomic E-state index is 0.0395. The number of aromatic nitrogens is 1. The van der Waals surface area contributed by atoms with Gasteiger partial charge in [0.1, 0.15) is 5.82 Å². The molecule has 27 heavy (non-hydrogen) atoms. The van der Waals surface area contributed by atoms with Crippen LogP contribution in [-0.2, 0) is 9.59 Å². The number of nitrogens with zero attached hydrogens (tertiary/aromatic N) is 2. The highest BCUT2D eigenvalue weighted by Crippen LogP contribution is 2.21. The van der Waals surface area contributed by atoms with Crippen LogP contribution in [0.15, 0.2) is 29.8 Å². The van der Waals surface area contributed by atoms with Crippen LogP contribution in [0.25, 0.3) is 0 Å². The molecule has 9 heteroatoms. The number of rotatable bonds is 6. The molecule has 1 atom stereocenters. The van der Waals surface area contributed by atoms with E-state index in [1.54, 1.807) is 6.20 Å². The molecule has 1 aliphatic rings. The van der Waals surface area contributed by atoms with Crippen molar-refractivity contribution in [3.8, 4) is 0 Å². The van der Waals surface area contributed by atoms with E-state index in [-0.39, 0.29) is 34.9 Å². The number of carbonyl (C=O) groups is 2. The van der Waals surface area contributed by atoms with Gasteiger partial charge in [-0.05, 0) is 37.6 Å². The largest absolute Gasteiger partial charge is 0.324 e. The molecule has 0 radical (unpaired) electrons. The first kappa shape index (κ1) is 19.7. The zero-order valence-corrected chi connectivity index (χ0v) is 16.2. The van der Waals surface area contributed by atoms with Crippen LogP contribution in [0, 0.1) is 11.7 Å². The third-order valence-electron chi connectivity index (χ3n) is 4.40. The third-order valence-corrected chi connectivity index (χ3v) is 5.32. The minimum Gasteiger partial charge on any atom is -0.324 e. The van der Waals surface area contributed by atoms with Crippen molar-refractivity contribution in [2.45, 2.75) is 19.3 Å². The smallest absolute Gasteiger partial charge is 0.230 e. The van der Waals surface area contributed by atoms with Crippen molar-refractivity contribution in [2.75, 3.05) is 30.3 Å². The van der Waals surface area contributed by atoms with Crippen LogP contribution in [0.3, 0.4) is 0 Å². The Morgan fingerprint density at radius 2 is 2.22 bits per heavy atom. The molecule has 2 aromatic rings. The SMILES string of the molecule is O=C(CCN1CCCC(C(=O)Nc2nccs2)C1)Nc1ccc(Cl)cc1F. The monoisotopic (exact) mass is 410 g/mol. The number of anilines is 2. The van der Waals surface area contributed by atoms with Crippen LogP contribution in [0.5, 0.6) is 0 Å². The van der Waals surface area contributed by atoms with E-state index >= 15 is 0 Å². The Balaban J connectivity index is 1.46. The summed E-state index contributed by atoms with van der Waals surface area (Å²) in [4.78, 5) is 30.6. The van der Waals surface area contributed by atoms with Gasteiger partial charge in [-0.25, -0.2) is 9.37 Å². The molecule has 0 bridgehead atoms. The van der Waals surface area contributed by atoms with Gasteiger partial charge in [0.2, 0.25) is 11.8 Å². The number of piperidine rings is 1. The zero-order valence-electron chi connectivity index (χ0n) is 14.6. The number of likely N-dealkylation sites (tertiary alicyclic amines) is 1. The second-order valence-corrected chi connectivity index (χ2v) is 7.72. The summed E-state index contributed by atoms with van der Waals surface area (Å²) in [5, 5.41) is 8.07. The lowest BCUT2D eigenvalue weighted by molar-refractivity contribution is -0.121. The molecule has 0 spiro atoms. The number of thiazole rings is 1. The zero-order chi connectivity index (χ0) is 19.2. The summed E-state index contributed by atoms with van der Waals surface area (Å²) in [6.07, 6.45) is 3.58. The van der Waals surface area contributed by atoms with Gasteiger partial charge in [0.15, 0.2) is 5.13 Å². The summed E-state index contributed by atoms with van der Waals surface area (Å²) in [5.41, 5.74) is 0.115. The predicted molar refractivity (Wildman–Crippen MR) is 105 cm³/mol. The van der Waals surface area contributed by atoms with Crippen molar-refractivity contribution in [1.82, 2.24) is 9.88 Å². The summed E-state index contributed by atoms with van der Waals surface area (Å²) in [6.45, 7) is 1.95. The number of hydrogen-bond acceptors (Lipinski definition) is 5. The highest BCUT2D eigenvalue weighted by atomic mass is 35.5. The Morgan fingerprint density at radius 3 is 2.96 bits per heavy atom. The molecular weight excluding hydrogens is 391 g/mol. The number of benzene rings is 1. The normalized spacial score (nSPS) is 17.5. The molecule has 6 nitrogen and oxygen atoms in total. The summed E-state index contributed by atoms with van der Waals surface area (Å²) in [7, 11) is 0. The number of amides is 2. The van der Waals surface area contributed by atoms with Gasteiger partial charge in [-0.3, -0.25) is 9.59 Å². The summed E-state index contributed by atoms with van der Waals surface area (Å²) < 4.78 is 13.7. The van der Waals surface area contributed by atoms with E-state index in [2.05, 4.69) is 20.5 Å². The fourth-order valence-corrected chi connectivity index (χ4v) is 3.72. The Kier molecular flexibility index (Phi) is 6.76. The van der Waals surface area contributed by atoms with Crippen LogP contribution in [0.1, 0.15) is 19.3 Å². The van der Waals surface area contributed by atoms with E-state index in [0.717, 1.165) is 25.5 Å².